The van der Waals surface area contributed by atoms with Crippen molar-refractivity contribution in [2.45, 2.75) is 4.90 Å². The summed E-state index contributed by atoms with van der Waals surface area (Å²) in [4.78, 5) is 23.6. The van der Waals surface area contributed by atoms with E-state index < -0.39 is 11.5 Å². The summed E-state index contributed by atoms with van der Waals surface area (Å²) >= 11 is 1.27. The van der Waals surface area contributed by atoms with Crippen molar-refractivity contribution < 1.29 is 13.9 Å². The monoisotopic (exact) mass is 291 g/mol. The summed E-state index contributed by atoms with van der Waals surface area (Å²) in [5.74, 6) is 0.298. The minimum atomic E-state index is -0.788. The number of carbonyl (C=O) groups excluding carboxylic acids is 1. The van der Waals surface area contributed by atoms with Gasteiger partial charge in [0.15, 0.2) is 0 Å². The van der Waals surface area contributed by atoms with Gasteiger partial charge in [0, 0.05) is 10.5 Å². The Bertz CT molecular complexity index is 691. The molecule has 0 atom stereocenters. The number of benzene rings is 1. The van der Waals surface area contributed by atoms with E-state index in [1.807, 2.05) is 0 Å². The Morgan fingerprint density at radius 1 is 1.30 bits per heavy atom. The molecule has 104 valence electrons. The average molecular weight is 291 g/mol. The van der Waals surface area contributed by atoms with Crippen LogP contribution >= 0.6 is 11.8 Å². The van der Waals surface area contributed by atoms with E-state index in [0.717, 1.165) is 0 Å². The van der Waals surface area contributed by atoms with E-state index in [9.17, 15) is 9.59 Å². The molecule has 1 aromatic carbocycles. The van der Waals surface area contributed by atoms with Gasteiger partial charge in [-0.1, -0.05) is 0 Å². The quantitative estimate of drug-likeness (QED) is 0.873. The molecule has 5 nitrogen and oxygen atoms in total. The number of amides is 1. The lowest BCUT2D eigenvalue weighted by Crippen LogP contribution is -2.22. The van der Waals surface area contributed by atoms with Crippen LogP contribution in [0.5, 0.6) is 5.75 Å². The van der Waals surface area contributed by atoms with Gasteiger partial charge in [-0.2, -0.15) is 0 Å². The van der Waals surface area contributed by atoms with Gasteiger partial charge in [0.1, 0.15) is 17.1 Å². The van der Waals surface area contributed by atoms with Crippen molar-refractivity contribution >= 4 is 17.7 Å². The molecule has 20 heavy (non-hydrogen) atoms. The van der Waals surface area contributed by atoms with E-state index in [0.29, 0.717) is 22.0 Å². The largest absolute Gasteiger partial charge is 0.497 e. The standard InChI is InChI=1S/C14H13NO4S/c1-18-9-5-3-8(4-6-9)10-7-11(20-2)12(13(15)16)14(17)19-10/h3-7H,1-2H3,(H2,15,16). The molecule has 2 rings (SSSR count). The Kier molecular flexibility index (Phi) is 4.14. The van der Waals surface area contributed by atoms with Gasteiger partial charge in [0.05, 0.1) is 7.11 Å². The van der Waals surface area contributed by atoms with Crippen molar-refractivity contribution in [1.82, 2.24) is 0 Å². The molecule has 0 saturated heterocycles. The van der Waals surface area contributed by atoms with Crippen molar-refractivity contribution in [2.24, 2.45) is 5.73 Å². The molecule has 1 amide bonds. The topological polar surface area (TPSA) is 82.5 Å². The predicted molar refractivity (Wildman–Crippen MR) is 77.3 cm³/mol. The summed E-state index contributed by atoms with van der Waals surface area (Å²) in [7, 11) is 1.57. The van der Waals surface area contributed by atoms with Gasteiger partial charge >= 0.3 is 5.63 Å². The first-order valence-electron chi connectivity index (χ1n) is 5.73. The minimum absolute atomic E-state index is 0.116. The van der Waals surface area contributed by atoms with E-state index in [1.165, 1.54) is 11.8 Å². The zero-order valence-electron chi connectivity index (χ0n) is 11.0. The first kappa shape index (κ1) is 14.2. The fourth-order valence-corrected chi connectivity index (χ4v) is 2.37. The van der Waals surface area contributed by atoms with E-state index in [2.05, 4.69) is 0 Å². The van der Waals surface area contributed by atoms with Crippen LogP contribution in [0.15, 0.2) is 44.4 Å². The number of ether oxygens (including phenoxy) is 1. The third-order valence-corrected chi connectivity index (χ3v) is 3.52. The highest BCUT2D eigenvalue weighted by Gasteiger charge is 2.16. The van der Waals surface area contributed by atoms with Gasteiger partial charge in [0.2, 0.25) is 0 Å². The molecule has 0 saturated carbocycles. The lowest BCUT2D eigenvalue weighted by molar-refractivity contribution is 0.0993. The molecule has 0 bridgehead atoms. The number of hydrogen-bond donors (Lipinski definition) is 1. The number of hydrogen-bond acceptors (Lipinski definition) is 5. The summed E-state index contributed by atoms with van der Waals surface area (Å²) in [6, 6.07) is 8.69. The summed E-state index contributed by atoms with van der Waals surface area (Å²) in [6.07, 6.45) is 1.76. The maximum absolute atomic E-state index is 11.9. The summed E-state index contributed by atoms with van der Waals surface area (Å²) in [6.45, 7) is 0. The molecule has 0 spiro atoms. The second-order valence-electron chi connectivity index (χ2n) is 3.93. The maximum Gasteiger partial charge on any atom is 0.350 e. The Morgan fingerprint density at radius 2 is 1.95 bits per heavy atom. The summed E-state index contributed by atoms with van der Waals surface area (Å²) in [5.41, 5.74) is 5.06. The van der Waals surface area contributed by atoms with Crippen LogP contribution in [0.3, 0.4) is 0 Å². The van der Waals surface area contributed by atoms with Crippen LogP contribution in [0.1, 0.15) is 10.4 Å². The first-order chi connectivity index (χ1) is 9.56. The minimum Gasteiger partial charge on any atom is -0.497 e. The van der Waals surface area contributed by atoms with Crippen LogP contribution in [-0.2, 0) is 0 Å². The predicted octanol–water partition coefficient (Wildman–Crippen LogP) is 2.14. The Hall–Kier alpha value is -2.21. The third-order valence-electron chi connectivity index (χ3n) is 2.76. The number of thioether (sulfide) groups is 1. The number of rotatable bonds is 4. The molecular weight excluding hydrogens is 278 g/mol. The van der Waals surface area contributed by atoms with Crippen molar-refractivity contribution in [1.29, 1.82) is 0 Å². The number of methoxy groups -OCH3 is 1. The van der Waals surface area contributed by atoms with Crippen molar-refractivity contribution in [3.8, 4) is 17.1 Å². The van der Waals surface area contributed by atoms with Crippen molar-refractivity contribution in [3.63, 3.8) is 0 Å². The second-order valence-corrected chi connectivity index (χ2v) is 4.78. The molecule has 0 aliphatic carbocycles. The third kappa shape index (κ3) is 2.70. The van der Waals surface area contributed by atoms with E-state index in [-0.39, 0.29) is 5.56 Å². The SMILES string of the molecule is COc1ccc(-c2cc(SC)c(C(N)=O)c(=O)o2)cc1. The number of nitrogens with two attached hydrogens (primary N) is 1. The highest BCUT2D eigenvalue weighted by atomic mass is 32.2. The number of carbonyl (C=O) groups is 1. The van der Waals surface area contributed by atoms with Crippen LogP contribution < -0.4 is 16.1 Å². The average Bonchev–Trinajstić information content (AvgIpc) is 2.46. The molecule has 0 radical (unpaired) electrons. The molecule has 2 aromatic rings. The molecule has 2 N–H and O–H groups in total. The molecule has 0 aliphatic rings. The van der Waals surface area contributed by atoms with Gasteiger partial charge in [0.25, 0.3) is 5.91 Å². The van der Waals surface area contributed by atoms with Crippen LogP contribution in [0.25, 0.3) is 11.3 Å². The molecular formula is C14H13NO4S. The van der Waals surface area contributed by atoms with Crippen LogP contribution in [0, 0.1) is 0 Å². The Labute approximate surface area is 119 Å². The van der Waals surface area contributed by atoms with E-state index >= 15 is 0 Å². The summed E-state index contributed by atoms with van der Waals surface area (Å²) < 4.78 is 10.2. The normalized spacial score (nSPS) is 10.3. The van der Waals surface area contributed by atoms with Crippen LogP contribution in [0.4, 0.5) is 0 Å². The van der Waals surface area contributed by atoms with Gasteiger partial charge in [-0.25, -0.2) is 4.79 Å². The summed E-state index contributed by atoms with van der Waals surface area (Å²) in [5, 5.41) is 0. The van der Waals surface area contributed by atoms with Gasteiger partial charge < -0.3 is 14.9 Å². The van der Waals surface area contributed by atoms with Crippen molar-refractivity contribution in [2.75, 3.05) is 13.4 Å². The van der Waals surface area contributed by atoms with E-state index in [1.54, 1.807) is 43.7 Å². The van der Waals surface area contributed by atoms with E-state index in [4.69, 9.17) is 14.9 Å². The van der Waals surface area contributed by atoms with Crippen LogP contribution in [0.2, 0.25) is 0 Å². The lowest BCUT2D eigenvalue weighted by atomic mass is 10.1. The fourth-order valence-electron chi connectivity index (χ4n) is 1.75. The molecule has 1 heterocycles. The van der Waals surface area contributed by atoms with Gasteiger partial charge in [-0.3, -0.25) is 4.79 Å². The zero-order valence-corrected chi connectivity index (χ0v) is 11.8. The fraction of sp³-hybridized carbons (Fsp3) is 0.143. The Morgan fingerprint density at radius 3 is 2.45 bits per heavy atom. The highest BCUT2D eigenvalue weighted by Crippen LogP contribution is 2.26. The van der Waals surface area contributed by atoms with Gasteiger partial charge in [-0.15, -0.1) is 11.8 Å². The molecule has 0 fully saturated rings. The lowest BCUT2D eigenvalue weighted by Gasteiger charge is -2.06. The molecule has 0 unspecified atom stereocenters. The maximum atomic E-state index is 11.9. The highest BCUT2D eigenvalue weighted by molar-refractivity contribution is 7.98. The Balaban J connectivity index is 2.55. The molecule has 1 aromatic heterocycles. The second kappa shape index (κ2) is 5.83. The first-order valence-corrected chi connectivity index (χ1v) is 6.95. The number of primary amides is 1. The van der Waals surface area contributed by atoms with Crippen molar-refractivity contribution in [3.05, 3.63) is 46.3 Å². The zero-order chi connectivity index (χ0) is 14.7. The smallest absolute Gasteiger partial charge is 0.350 e. The van der Waals surface area contributed by atoms with Crippen LogP contribution in [-0.4, -0.2) is 19.3 Å². The molecule has 0 aliphatic heterocycles. The molecule has 6 heteroatoms. The van der Waals surface area contributed by atoms with Gasteiger partial charge in [-0.05, 0) is 36.6 Å².